The Kier molecular flexibility index (Phi) is 9.75. The summed E-state index contributed by atoms with van der Waals surface area (Å²) in [6.45, 7) is 6.60. The largest absolute Gasteiger partial charge is 0.455 e. The van der Waals surface area contributed by atoms with Crippen molar-refractivity contribution in [1.29, 1.82) is 0 Å². The number of hydrogen-bond acceptors (Lipinski definition) is 5. The van der Waals surface area contributed by atoms with E-state index in [0.29, 0.717) is 22.2 Å². The van der Waals surface area contributed by atoms with Crippen LogP contribution in [0.4, 0.5) is 10.8 Å². The molecule has 0 saturated carbocycles. The Bertz CT molecular complexity index is 978. The third kappa shape index (κ3) is 6.91. The average molecular weight is 474 g/mol. The smallest absolute Gasteiger partial charge is 0.186 e. The summed E-state index contributed by atoms with van der Waals surface area (Å²) in [4.78, 5) is 7.42. The molecular formula is C25H34ClN4OS+. The van der Waals surface area contributed by atoms with Gasteiger partial charge in [-0.3, -0.25) is 0 Å². The van der Waals surface area contributed by atoms with Gasteiger partial charge in [-0.2, -0.15) is 5.53 Å². The van der Waals surface area contributed by atoms with Crippen LogP contribution in [0.15, 0.2) is 41.5 Å². The van der Waals surface area contributed by atoms with Crippen LogP contribution in [0.2, 0.25) is 5.02 Å². The van der Waals surface area contributed by atoms with Gasteiger partial charge in [-0.05, 0) is 48.3 Å². The zero-order valence-electron chi connectivity index (χ0n) is 19.1. The number of nitrogens with zero attached hydrogens (tertiary/aromatic N) is 3. The van der Waals surface area contributed by atoms with Crippen molar-refractivity contribution in [2.24, 2.45) is 5.11 Å². The summed E-state index contributed by atoms with van der Waals surface area (Å²) in [6.07, 6.45) is 10.0. The molecule has 1 aromatic heterocycles. The summed E-state index contributed by atoms with van der Waals surface area (Å²) < 4.78 is 7.10. The van der Waals surface area contributed by atoms with Gasteiger partial charge < -0.3 is 9.64 Å². The molecule has 0 saturated heterocycles. The van der Waals surface area contributed by atoms with Crippen LogP contribution in [0.25, 0.3) is 10.2 Å². The summed E-state index contributed by atoms with van der Waals surface area (Å²) >= 11 is 7.69. The molecule has 7 heteroatoms. The Morgan fingerprint density at radius 2 is 1.62 bits per heavy atom. The summed E-state index contributed by atoms with van der Waals surface area (Å²) in [7, 11) is 0. The number of ether oxygens (including phenoxy) is 1. The predicted molar refractivity (Wildman–Crippen MR) is 136 cm³/mol. The van der Waals surface area contributed by atoms with Gasteiger partial charge in [0.2, 0.25) is 0 Å². The van der Waals surface area contributed by atoms with Crippen LogP contribution < -0.4 is 15.2 Å². The molecule has 0 bridgehead atoms. The van der Waals surface area contributed by atoms with E-state index in [0.717, 1.165) is 28.4 Å². The van der Waals surface area contributed by atoms with Crippen molar-refractivity contribution >= 4 is 44.0 Å². The van der Waals surface area contributed by atoms with Gasteiger partial charge in [-0.25, -0.2) is 4.98 Å². The first-order chi connectivity index (χ1) is 15.6. The summed E-state index contributed by atoms with van der Waals surface area (Å²) in [5.41, 5.74) is 7.19. The molecule has 32 heavy (non-hydrogen) atoms. The molecule has 5 nitrogen and oxygen atoms in total. The molecule has 0 fully saturated rings. The average Bonchev–Trinajstić information content (AvgIpc) is 3.21. The minimum Gasteiger partial charge on any atom is -0.455 e. The highest BCUT2D eigenvalue weighted by atomic mass is 35.5. The first-order valence-electron chi connectivity index (χ1n) is 11.7. The predicted octanol–water partition coefficient (Wildman–Crippen LogP) is 7.55. The van der Waals surface area contributed by atoms with E-state index in [1.807, 2.05) is 24.3 Å². The lowest BCUT2D eigenvalue weighted by atomic mass is 10.2. The standard InChI is InChI=1S/C25H33ClN4OS/c1-3-5-7-9-15-30(16-10-8-6-4-2)25-28-22-17-23(21(29-27)18-24(22)32-25)31-20-13-11-19(26)12-14-20/h11-14,17-18,27H,3-10,15-16H2,1-2H3/p+1. The van der Waals surface area contributed by atoms with E-state index in [2.05, 4.69) is 23.9 Å². The number of benzene rings is 2. The quantitative estimate of drug-likeness (QED) is 0.194. The van der Waals surface area contributed by atoms with E-state index in [1.165, 1.54) is 51.4 Å². The summed E-state index contributed by atoms with van der Waals surface area (Å²) in [5.74, 6) is 1.28. The Hall–Kier alpha value is -2.18. The van der Waals surface area contributed by atoms with Crippen LogP contribution in [0.1, 0.15) is 65.2 Å². The molecule has 0 amide bonds. The van der Waals surface area contributed by atoms with Gasteiger partial charge in [0.15, 0.2) is 16.6 Å². The Labute approximate surface area is 200 Å². The maximum Gasteiger partial charge on any atom is 0.186 e. The molecule has 3 rings (SSSR count). The fourth-order valence-corrected chi connectivity index (χ4v) is 4.80. The molecule has 0 unspecified atom stereocenters. The van der Waals surface area contributed by atoms with Gasteiger partial charge in [0.05, 0.1) is 10.2 Å². The van der Waals surface area contributed by atoms with Gasteiger partial charge >= 0.3 is 0 Å². The zero-order chi connectivity index (χ0) is 22.8. The third-order valence-corrected chi connectivity index (χ3v) is 6.80. The molecule has 2 N–H and O–H groups in total. The van der Waals surface area contributed by atoms with Crippen molar-refractivity contribution < 1.29 is 10.3 Å². The van der Waals surface area contributed by atoms with Crippen LogP contribution in [-0.2, 0) is 0 Å². The van der Waals surface area contributed by atoms with E-state index in [-0.39, 0.29) is 0 Å². The molecular weight excluding hydrogens is 440 g/mol. The van der Waals surface area contributed by atoms with Crippen LogP contribution in [-0.4, -0.2) is 18.1 Å². The number of aromatic nitrogens is 1. The number of unbranched alkanes of at least 4 members (excludes halogenated alkanes) is 6. The lowest BCUT2D eigenvalue weighted by Gasteiger charge is -2.21. The molecule has 0 atom stereocenters. The first-order valence-corrected chi connectivity index (χ1v) is 12.9. The highest BCUT2D eigenvalue weighted by Gasteiger charge is 2.16. The van der Waals surface area contributed by atoms with Gasteiger partial charge in [-0.1, -0.05) is 75.3 Å². The number of rotatable bonds is 14. The van der Waals surface area contributed by atoms with Crippen LogP contribution in [0.3, 0.4) is 0 Å². The minimum absolute atomic E-state index is 0.594. The number of halogens is 1. The third-order valence-electron chi connectivity index (χ3n) is 5.47. The summed E-state index contributed by atoms with van der Waals surface area (Å²) in [6, 6.07) is 11.1. The molecule has 2 aromatic carbocycles. The second-order valence-corrected chi connectivity index (χ2v) is 9.52. The van der Waals surface area contributed by atoms with E-state index in [4.69, 9.17) is 26.9 Å². The molecule has 0 aliphatic carbocycles. The molecule has 172 valence electrons. The first kappa shape index (κ1) is 24.5. The Balaban J connectivity index is 1.82. The number of fused-ring (bicyclic) bond motifs is 1. The maximum absolute atomic E-state index is 6.04. The lowest BCUT2D eigenvalue weighted by Crippen LogP contribution is -2.25. The summed E-state index contributed by atoms with van der Waals surface area (Å²) in [5, 5.41) is 5.68. The molecule has 0 spiro atoms. The molecule has 0 radical (unpaired) electrons. The number of thiazole rings is 1. The number of anilines is 1. The van der Waals surface area contributed by atoms with Gasteiger partial charge in [0.25, 0.3) is 0 Å². The monoisotopic (exact) mass is 473 g/mol. The van der Waals surface area contributed by atoms with Gasteiger partial charge in [0, 0.05) is 24.2 Å². The van der Waals surface area contributed by atoms with Gasteiger partial charge in [0.1, 0.15) is 5.75 Å². The Morgan fingerprint density at radius 3 is 2.22 bits per heavy atom. The van der Waals surface area contributed by atoms with Crippen molar-refractivity contribution in [2.45, 2.75) is 65.2 Å². The second kappa shape index (κ2) is 12.8. The van der Waals surface area contributed by atoms with Crippen LogP contribution >= 0.6 is 22.9 Å². The fraction of sp³-hybridized carbons (Fsp3) is 0.480. The highest BCUT2D eigenvalue weighted by molar-refractivity contribution is 7.22. The van der Waals surface area contributed by atoms with E-state index < -0.39 is 0 Å². The van der Waals surface area contributed by atoms with Crippen molar-refractivity contribution in [3.8, 4) is 11.5 Å². The molecule has 3 aromatic rings. The second-order valence-electron chi connectivity index (χ2n) is 8.08. The van der Waals surface area contributed by atoms with E-state index >= 15 is 0 Å². The normalized spacial score (nSPS) is 11.1. The van der Waals surface area contributed by atoms with Crippen LogP contribution in [0.5, 0.6) is 11.5 Å². The van der Waals surface area contributed by atoms with Crippen molar-refractivity contribution in [2.75, 3.05) is 18.0 Å². The number of hydrogen-bond donors (Lipinski definition) is 1. The molecule has 0 aliphatic heterocycles. The van der Waals surface area contributed by atoms with Crippen molar-refractivity contribution in [3.63, 3.8) is 0 Å². The molecule has 1 heterocycles. The topological polar surface area (TPSA) is 63.3 Å². The van der Waals surface area contributed by atoms with E-state index in [1.54, 1.807) is 23.5 Å². The Morgan fingerprint density at radius 1 is 0.969 bits per heavy atom. The zero-order valence-corrected chi connectivity index (χ0v) is 20.7. The van der Waals surface area contributed by atoms with Crippen molar-refractivity contribution in [3.05, 3.63) is 41.4 Å². The fourth-order valence-electron chi connectivity index (χ4n) is 3.64. The van der Waals surface area contributed by atoms with Crippen molar-refractivity contribution in [1.82, 2.24) is 4.98 Å². The lowest BCUT2D eigenvalue weighted by molar-refractivity contribution is -0.210. The van der Waals surface area contributed by atoms with Crippen LogP contribution in [0, 0.1) is 0 Å². The number of nitrogens with two attached hydrogens (primary N) is 1. The molecule has 0 aliphatic rings. The minimum atomic E-state index is 0.594. The SMILES string of the molecule is CCCCCCN(CCCCCC)c1nc2cc(Oc3ccc(Cl)cc3)c(N=[NH2+])cc2s1. The van der Waals surface area contributed by atoms with Gasteiger partial charge in [-0.15, -0.1) is 0 Å². The maximum atomic E-state index is 6.04. The highest BCUT2D eigenvalue weighted by Crippen LogP contribution is 2.39. The van der Waals surface area contributed by atoms with E-state index in [9.17, 15) is 0 Å².